The molecule has 1 aromatic rings. The van der Waals surface area contributed by atoms with Crippen molar-refractivity contribution < 1.29 is 4.79 Å². The maximum absolute atomic E-state index is 12.2. The molecule has 3 N–H and O–H groups in total. The maximum Gasteiger partial charge on any atom is 0.231 e. The first-order valence-corrected chi connectivity index (χ1v) is 6.64. The number of nitrogens with two attached hydrogens (primary N) is 1. The molecule has 1 amide bonds. The van der Waals surface area contributed by atoms with Crippen LogP contribution in [0.25, 0.3) is 0 Å². The van der Waals surface area contributed by atoms with Gasteiger partial charge in [-0.2, -0.15) is 0 Å². The summed E-state index contributed by atoms with van der Waals surface area (Å²) in [6, 6.07) is 7.55. The third kappa shape index (κ3) is 2.53. The summed E-state index contributed by atoms with van der Waals surface area (Å²) in [7, 11) is 0. The van der Waals surface area contributed by atoms with Crippen molar-refractivity contribution in [1.29, 1.82) is 0 Å². The van der Waals surface area contributed by atoms with Crippen LogP contribution in [0.2, 0.25) is 0 Å². The molecule has 1 aliphatic rings. The minimum Gasteiger partial charge on any atom is -0.327 e. The summed E-state index contributed by atoms with van der Waals surface area (Å²) in [6.07, 6.45) is 2.84. The summed E-state index contributed by atoms with van der Waals surface area (Å²) in [5, 5.41) is 2.94. The predicted molar refractivity (Wildman–Crippen MR) is 72.7 cm³/mol. The molecule has 1 saturated carbocycles. The van der Waals surface area contributed by atoms with E-state index in [2.05, 4.69) is 21.2 Å². The van der Waals surface area contributed by atoms with Crippen molar-refractivity contribution in [2.24, 2.45) is 11.1 Å². The monoisotopic (exact) mass is 296 g/mol. The van der Waals surface area contributed by atoms with Crippen LogP contribution in [0.15, 0.2) is 28.7 Å². The number of amides is 1. The molecular formula is C13H17BrN2O. The fourth-order valence-corrected chi connectivity index (χ4v) is 2.55. The lowest BCUT2D eigenvalue weighted by Crippen LogP contribution is -2.44. The highest BCUT2D eigenvalue weighted by Crippen LogP contribution is 2.37. The van der Waals surface area contributed by atoms with Crippen LogP contribution in [0.3, 0.4) is 0 Å². The topological polar surface area (TPSA) is 55.1 Å². The second-order valence-corrected chi connectivity index (χ2v) is 5.79. The van der Waals surface area contributed by atoms with Gasteiger partial charge in [-0.05, 0) is 44.0 Å². The Morgan fingerprint density at radius 1 is 1.47 bits per heavy atom. The lowest BCUT2D eigenvalue weighted by atomic mass is 9.84. The van der Waals surface area contributed by atoms with Crippen molar-refractivity contribution in [2.45, 2.75) is 32.2 Å². The highest BCUT2D eigenvalue weighted by molar-refractivity contribution is 9.10. The van der Waals surface area contributed by atoms with Crippen LogP contribution in [0.5, 0.6) is 0 Å². The van der Waals surface area contributed by atoms with Crippen LogP contribution in [-0.4, -0.2) is 11.9 Å². The Balaban J connectivity index is 2.09. The van der Waals surface area contributed by atoms with E-state index in [0.717, 1.165) is 29.4 Å². The molecule has 4 heteroatoms. The summed E-state index contributed by atoms with van der Waals surface area (Å²) in [4.78, 5) is 12.2. The van der Waals surface area contributed by atoms with Gasteiger partial charge in [-0.25, -0.2) is 0 Å². The Morgan fingerprint density at radius 2 is 2.12 bits per heavy atom. The van der Waals surface area contributed by atoms with Gasteiger partial charge < -0.3 is 11.1 Å². The minimum absolute atomic E-state index is 0.0297. The van der Waals surface area contributed by atoms with E-state index >= 15 is 0 Å². The Hall–Kier alpha value is -0.870. The highest BCUT2D eigenvalue weighted by Gasteiger charge is 2.42. The number of carbonyl (C=O) groups is 1. The Morgan fingerprint density at radius 3 is 2.65 bits per heavy atom. The average Bonchev–Trinajstić information content (AvgIpc) is 2.64. The van der Waals surface area contributed by atoms with Crippen LogP contribution in [0, 0.1) is 5.41 Å². The van der Waals surface area contributed by atoms with E-state index in [1.54, 1.807) is 0 Å². The number of benzene rings is 1. The number of anilines is 1. The molecule has 0 saturated heterocycles. The molecule has 92 valence electrons. The molecular weight excluding hydrogens is 280 g/mol. The van der Waals surface area contributed by atoms with Gasteiger partial charge in [0.1, 0.15) is 0 Å². The van der Waals surface area contributed by atoms with Crippen LogP contribution >= 0.6 is 15.9 Å². The van der Waals surface area contributed by atoms with E-state index < -0.39 is 5.41 Å². The quantitative estimate of drug-likeness (QED) is 0.882. The van der Waals surface area contributed by atoms with Crippen molar-refractivity contribution in [1.82, 2.24) is 0 Å². The van der Waals surface area contributed by atoms with Crippen molar-refractivity contribution in [3.05, 3.63) is 28.7 Å². The fourth-order valence-electron chi connectivity index (χ4n) is 2.28. The van der Waals surface area contributed by atoms with E-state index in [-0.39, 0.29) is 11.9 Å². The van der Waals surface area contributed by atoms with Gasteiger partial charge >= 0.3 is 0 Å². The second kappa shape index (κ2) is 4.78. The number of halogens is 1. The van der Waals surface area contributed by atoms with Crippen molar-refractivity contribution in [2.75, 3.05) is 5.32 Å². The number of hydrogen-bond acceptors (Lipinski definition) is 2. The van der Waals surface area contributed by atoms with Crippen molar-refractivity contribution in [3.63, 3.8) is 0 Å². The molecule has 2 atom stereocenters. The van der Waals surface area contributed by atoms with Crippen LogP contribution in [0.1, 0.15) is 26.2 Å². The standard InChI is InChI=1S/C13H17BrN2O/c1-13(8-2-3-11(13)15)12(17)16-10-6-4-9(14)5-7-10/h4-7,11H,2-3,8,15H2,1H3,(H,16,17). The minimum atomic E-state index is -0.424. The van der Waals surface area contributed by atoms with E-state index in [9.17, 15) is 4.79 Å². The van der Waals surface area contributed by atoms with Crippen molar-refractivity contribution in [3.8, 4) is 0 Å². The van der Waals surface area contributed by atoms with Gasteiger partial charge in [-0.3, -0.25) is 4.79 Å². The van der Waals surface area contributed by atoms with Crippen LogP contribution < -0.4 is 11.1 Å². The number of rotatable bonds is 2. The Labute approximate surface area is 110 Å². The second-order valence-electron chi connectivity index (χ2n) is 4.88. The maximum atomic E-state index is 12.2. The molecule has 1 fully saturated rings. The van der Waals surface area contributed by atoms with Gasteiger partial charge in [0.2, 0.25) is 5.91 Å². The fraction of sp³-hybridized carbons (Fsp3) is 0.462. The largest absolute Gasteiger partial charge is 0.327 e. The lowest BCUT2D eigenvalue weighted by Gasteiger charge is -2.27. The van der Waals surface area contributed by atoms with Gasteiger partial charge in [0.05, 0.1) is 5.41 Å². The van der Waals surface area contributed by atoms with E-state index in [1.165, 1.54) is 0 Å². The van der Waals surface area contributed by atoms with Gasteiger partial charge in [-0.15, -0.1) is 0 Å². The third-order valence-electron chi connectivity index (χ3n) is 3.65. The number of carbonyl (C=O) groups excluding carboxylic acids is 1. The zero-order chi connectivity index (χ0) is 12.5. The summed E-state index contributed by atoms with van der Waals surface area (Å²) >= 11 is 3.37. The zero-order valence-corrected chi connectivity index (χ0v) is 11.5. The normalized spacial score (nSPS) is 28.1. The first-order chi connectivity index (χ1) is 8.02. The summed E-state index contributed by atoms with van der Waals surface area (Å²) < 4.78 is 0.999. The molecule has 0 heterocycles. The van der Waals surface area contributed by atoms with Gasteiger partial charge in [0.25, 0.3) is 0 Å². The molecule has 0 aromatic heterocycles. The zero-order valence-electron chi connectivity index (χ0n) is 9.87. The third-order valence-corrected chi connectivity index (χ3v) is 4.18. The Bertz CT molecular complexity index is 418. The van der Waals surface area contributed by atoms with Gasteiger partial charge in [-0.1, -0.05) is 22.4 Å². The van der Waals surface area contributed by atoms with Crippen LogP contribution in [-0.2, 0) is 4.79 Å². The predicted octanol–water partition coefficient (Wildman–Crippen LogP) is 2.91. The first kappa shape index (κ1) is 12.6. The molecule has 0 spiro atoms. The molecule has 2 rings (SSSR count). The number of hydrogen-bond donors (Lipinski definition) is 2. The molecule has 1 aliphatic carbocycles. The van der Waals surface area contributed by atoms with Crippen molar-refractivity contribution >= 4 is 27.5 Å². The summed E-state index contributed by atoms with van der Waals surface area (Å²) in [5.41, 5.74) is 6.42. The highest BCUT2D eigenvalue weighted by atomic mass is 79.9. The Kier molecular flexibility index (Phi) is 3.54. The molecule has 0 aliphatic heterocycles. The summed E-state index contributed by atoms with van der Waals surface area (Å²) in [6.45, 7) is 1.96. The molecule has 17 heavy (non-hydrogen) atoms. The SMILES string of the molecule is CC1(C(=O)Nc2ccc(Br)cc2)CCCC1N. The van der Waals surface area contributed by atoms with Gasteiger partial charge in [0.15, 0.2) is 0 Å². The molecule has 2 unspecified atom stereocenters. The molecule has 3 nitrogen and oxygen atoms in total. The lowest BCUT2D eigenvalue weighted by molar-refractivity contribution is -0.125. The van der Waals surface area contributed by atoms with Crippen LogP contribution in [0.4, 0.5) is 5.69 Å². The van der Waals surface area contributed by atoms with Gasteiger partial charge in [0, 0.05) is 16.2 Å². The van der Waals surface area contributed by atoms with E-state index in [0.29, 0.717) is 0 Å². The average molecular weight is 297 g/mol. The first-order valence-electron chi connectivity index (χ1n) is 5.85. The molecule has 1 aromatic carbocycles. The molecule has 0 bridgehead atoms. The van der Waals surface area contributed by atoms with E-state index in [1.807, 2.05) is 31.2 Å². The van der Waals surface area contributed by atoms with E-state index in [4.69, 9.17) is 5.73 Å². The molecule has 0 radical (unpaired) electrons. The number of nitrogens with one attached hydrogen (secondary N) is 1. The summed E-state index contributed by atoms with van der Waals surface area (Å²) in [5.74, 6) is 0.0322. The smallest absolute Gasteiger partial charge is 0.231 e.